The van der Waals surface area contributed by atoms with E-state index in [9.17, 15) is 0 Å². The van der Waals surface area contributed by atoms with Crippen molar-refractivity contribution in [1.82, 2.24) is 10.4 Å². The van der Waals surface area contributed by atoms with Crippen LogP contribution in [-0.2, 0) is 4.74 Å². The number of nitrogens with two attached hydrogens (primary N) is 1. The zero-order chi connectivity index (χ0) is 14.9. The summed E-state index contributed by atoms with van der Waals surface area (Å²) in [6.07, 6.45) is 8.88. The van der Waals surface area contributed by atoms with Crippen LogP contribution in [0.25, 0.3) is 0 Å². The lowest BCUT2D eigenvalue weighted by atomic mass is 9.80. The first kappa shape index (κ1) is 15.9. The topological polar surface area (TPSA) is 60.2 Å². The molecule has 0 radical (unpaired) electrons. The van der Waals surface area contributed by atoms with Crippen LogP contribution < -0.4 is 11.3 Å². The molecule has 0 aromatic carbocycles. The molecule has 3 rings (SSSR count). The number of halogens is 2. The van der Waals surface area contributed by atoms with Crippen molar-refractivity contribution in [3.8, 4) is 0 Å². The van der Waals surface area contributed by atoms with Gasteiger partial charge in [0.25, 0.3) is 0 Å². The van der Waals surface area contributed by atoms with Gasteiger partial charge in [-0.15, -0.1) is 0 Å². The molecule has 1 saturated heterocycles. The third-order valence-corrected chi connectivity index (χ3v) is 5.90. The standard InChI is InChI=1S/C15H21Br2N3O/c16-11-7-12(17)14(19-9-11)13(20-18)10-3-6-21-15(8-10)4-1-2-5-15/h7,9-10,13,20H,1-6,8,18H2. The molecule has 2 unspecified atom stereocenters. The number of hydrogen-bond acceptors (Lipinski definition) is 4. The Labute approximate surface area is 142 Å². The highest BCUT2D eigenvalue weighted by molar-refractivity contribution is 9.11. The van der Waals surface area contributed by atoms with Gasteiger partial charge >= 0.3 is 0 Å². The van der Waals surface area contributed by atoms with Crippen LogP contribution in [0.4, 0.5) is 0 Å². The molecule has 0 amide bonds. The molecular formula is C15H21Br2N3O. The molecule has 2 fully saturated rings. The van der Waals surface area contributed by atoms with Crippen molar-refractivity contribution in [3.63, 3.8) is 0 Å². The van der Waals surface area contributed by atoms with Crippen LogP contribution in [0.1, 0.15) is 50.3 Å². The van der Waals surface area contributed by atoms with Gasteiger partial charge < -0.3 is 4.74 Å². The van der Waals surface area contributed by atoms with Crippen molar-refractivity contribution in [2.75, 3.05) is 6.61 Å². The Kier molecular flexibility index (Phi) is 5.01. The summed E-state index contributed by atoms with van der Waals surface area (Å²) >= 11 is 7.06. The summed E-state index contributed by atoms with van der Waals surface area (Å²) < 4.78 is 8.09. The van der Waals surface area contributed by atoms with Crippen LogP contribution in [0.5, 0.6) is 0 Å². The van der Waals surface area contributed by atoms with Crippen LogP contribution in [0.3, 0.4) is 0 Å². The second-order valence-electron chi connectivity index (χ2n) is 6.16. The minimum atomic E-state index is 0.0637. The summed E-state index contributed by atoms with van der Waals surface area (Å²) in [5.74, 6) is 6.33. The molecule has 4 nitrogen and oxygen atoms in total. The van der Waals surface area contributed by atoms with Crippen molar-refractivity contribution in [2.45, 2.75) is 50.2 Å². The van der Waals surface area contributed by atoms with Crippen LogP contribution in [-0.4, -0.2) is 17.2 Å². The van der Waals surface area contributed by atoms with Crippen molar-refractivity contribution in [3.05, 3.63) is 26.9 Å². The molecule has 2 aliphatic rings. The lowest BCUT2D eigenvalue weighted by Gasteiger charge is -2.41. The second kappa shape index (κ2) is 6.62. The molecule has 6 heteroatoms. The number of ether oxygens (including phenoxy) is 1. The van der Waals surface area contributed by atoms with E-state index in [1.54, 1.807) is 0 Å². The predicted octanol–water partition coefficient (Wildman–Crippen LogP) is 3.85. The zero-order valence-corrected chi connectivity index (χ0v) is 15.1. The quantitative estimate of drug-likeness (QED) is 0.578. The monoisotopic (exact) mass is 417 g/mol. The van der Waals surface area contributed by atoms with Gasteiger partial charge in [-0.05, 0) is 69.5 Å². The molecule has 21 heavy (non-hydrogen) atoms. The third-order valence-electron chi connectivity index (χ3n) is 4.83. The van der Waals surface area contributed by atoms with E-state index in [1.165, 1.54) is 25.7 Å². The van der Waals surface area contributed by atoms with Crippen molar-refractivity contribution < 1.29 is 4.74 Å². The molecule has 1 aromatic rings. The SMILES string of the molecule is NNC(c1ncc(Br)cc1Br)C1CCOC2(CCCC2)C1. The summed E-state index contributed by atoms with van der Waals surface area (Å²) in [4.78, 5) is 4.56. The molecule has 0 bridgehead atoms. The van der Waals surface area contributed by atoms with Gasteiger partial charge in [0, 0.05) is 21.7 Å². The lowest BCUT2D eigenvalue weighted by Crippen LogP contribution is -2.43. The number of hydrogen-bond donors (Lipinski definition) is 2. The van der Waals surface area contributed by atoms with Crippen LogP contribution in [0, 0.1) is 5.92 Å². The molecule has 1 aliphatic carbocycles. The zero-order valence-electron chi connectivity index (χ0n) is 11.9. The summed E-state index contributed by atoms with van der Waals surface area (Å²) in [5, 5.41) is 0. The Morgan fingerprint density at radius 1 is 1.38 bits per heavy atom. The Balaban J connectivity index is 1.82. The Morgan fingerprint density at radius 2 is 2.14 bits per heavy atom. The second-order valence-corrected chi connectivity index (χ2v) is 7.93. The first-order chi connectivity index (χ1) is 10.1. The minimum Gasteiger partial charge on any atom is -0.375 e. The smallest absolute Gasteiger partial charge is 0.0732 e. The molecule has 3 N–H and O–H groups in total. The molecule has 1 aliphatic heterocycles. The van der Waals surface area contributed by atoms with Crippen molar-refractivity contribution in [2.24, 2.45) is 11.8 Å². The highest BCUT2D eigenvalue weighted by Gasteiger charge is 2.42. The first-order valence-electron chi connectivity index (χ1n) is 7.55. The van der Waals surface area contributed by atoms with E-state index < -0.39 is 0 Å². The van der Waals surface area contributed by atoms with E-state index in [1.807, 2.05) is 12.3 Å². The van der Waals surface area contributed by atoms with Gasteiger partial charge in [0.15, 0.2) is 0 Å². The van der Waals surface area contributed by atoms with Gasteiger partial charge in [-0.25, -0.2) is 0 Å². The number of hydrazine groups is 1. The van der Waals surface area contributed by atoms with Gasteiger partial charge in [0.05, 0.1) is 17.3 Å². The van der Waals surface area contributed by atoms with Gasteiger partial charge in [0.2, 0.25) is 0 Å². The average Bonchev–Trinajstić information content (AvgIpc) is 2.90. The lowest BCUT2D eigenvalue weighted by molar-refractivity contribution is -0.0984. The molecule has 2 atom stereocenters. The Hall–Kier alpha value is -0.0100. The van der Waals surface area contributed by atoms with Crippen molar-refractivity contribution in [1.29, 1.82) is 0 Å². The fourth-order valence-electron chi connectivity index (χ4n) is 3.81. The van der Waals surface area contributed by atoms with Crippen LogP contribution in [0.2, 0.25) is 0 Å². The molecule has 116 valence electrons. The van der Waals surface area contributed by atoms with E-state index >= 15 is 0 Å². The Bertz CT molecular complexity index is 506. The van der Waals surface area contributed by atoms with Crippen LogP contribution >= 0.6 is 31.9 Å². The fourth-order valence-corrected chi connectivity index (χ4v) is 5.04. The number of nitrogens with zero attached hydrogens (tertiary/aromatic N) is 1. The van der Waals surface area contributed by atoms with E-state index in [0.717, 1.165) is 34.1 Å². The summed E-state index contributed by atoms with van der Waals surface area (Å²) in [5.41, 5.74) is 4.08. The maximum atomic E-state index is 6.13. The summed E-state index contributed by atoms with van der Waals surface area (Å²) in [7, 11) is 0. The van der Waals surface area contributed by atoms with E-state index in [0.29, 0.717) is 5.92 Å². The van der Waals surface area contributed by atoms with E-state index in [4.69, 9.17) is 10.6 Å². The molecular weight excluding hydrogens is 398 g/mol. The summed E-state index contributed by atoms with van der Waals surface area (Å²) in [6, 6.07) is 2.09. The highest BCUT2D eigenvalue weighted by atomic mass is 79.9. The molecule has 1 aromatic heterocycles. The number of nitrogens with one attached hydrogen (secondary N) is 1. The largest absolute Gasteiger partial charge is 0.375 e. The van der Waals surface area contributed by atoms with Crippen LogP contribution in [0.15, 0.2) is 21.2 Å². The van der Waals surface area contributed by atoms with E-state index in [-0.39, 0.29) is 11.6 Å². The molecule has 1 saturated carbocycles. The third kappa shape index (κ3) is 3.34. The number of pyridine rings is 1. The predicted molar refractivity (Wildman–Crippen MR) is 89.6 cm³/mol. The van der Waals surface area contributed by atoms with Crippen molar-refractivity contribution >= 4 is 31.9 Å². The number of aromatic nitrogens is 1. The summed E-state index contributed by atoms with van der Waals surface area (Å²) in [6.45, 7) is 0.830. The number of rotatable bonds is 3. The van der Waals surface area contributed by atoms with Gasteiger partial charge in [0.1, 0.15) is 0 Å². The average molecular weight is 419 g/mol. The Morgan fingerprint density at radius 3 is 2.81 bits per heavy atom. The van der Waals surface area contributed by atoms with Gasteiger partial charge in [-0.1, -0.05) is 12.8 Å². The normalized spacial score (nSPS) is 26.1. The maximum absolute atomic E-state index is 6.13. The highest BCUT2D eigenvalue weighted by Crippen LogP contribution is 2.45. The minimum absolute atomic E-state index is 0.0637. The van der Waals surface area contributed by atoms with Gasteiger partial charge in [-0.3, -0.25) is 16.3 Å². The molecule has 2 heterocycles. The fraction of sp³-hybridized carbons (Fsp3) is 0.667. The maximum Gasteiger partial charge on any atom is 0.0732 e. The molecule has 1 spiro atoms. The van der Waals surface area contributed by atoms with Gasteiger partial charge in [-0.2, -0.15) is 0 Å². The first-order valence-corrected chi connectivity index (χ1v) is 9.13. The van der Waals surface area contributed by atoms with E-state index in [2.05, 4.69) is 42.3 Å².